The summed E-state index contributed by atoms with van der Waals surface area (Å²) in [5.41, 5.74) is 3.78. The fraction of sp³-hybridized carbons (Fsp3) is 0.333. The van der Waals surface area contributed by atoms with Crippen LogP contribution in [0.25, 0.3) is 11.3 Å². The number of benzene rings is 1. The van der Waals surface area contributed by atoms with Crippen LogP contribution in [0, 0.1) is 13.8 Å². The van der Waals surface area contributed by atoms with Gasteiger partial charge >= 0.3 is 0 Å². The molecule has 0 spiro atoms. The van der Waals surface area contributed by atoms with E-state index in [1.165, 1.54) is 6.07 Å². The molecule has 0 aliphatic carbocycles. The second kappa shape index (κ2) is 5.80. The first-order valence-electron chi connectivity index (χ1n) is 6.35. The lowest BCUT2D eigenvalue weighted by atomic mass is 10.0. The fourth-order valence-electron chi connectivity index (χ4n) is 1.92. The molecule has 0 aliphatic heterocycles. The van der Waals surface area contributed by atoms with Crippen LogP contribution in [0.3, 0.4) is 0 Å². The molecule has 2 rings (SSSR count). The maximum atomic E-state index is 11.7. The highest BCUT2D eigenvalue weighted by Gasteiger charge is 2.07. The first-order chi connectivity index (χ1) is 9.10. The summed E-state index contributed by atoms with van der Waals surface area (Å²) >= 11 is 0. The van der Waals surface area contributed by atoms with Gasteiger partial charge in [0.15, 0.2) is 0 Å². The minimum absolute atomic E-state index is 0.152. The molecule has 0 saturated carbocycles. The lowest BCUT2D eigenvalue weighted by molar-refractivity contribution is 0.128. The molecule has 0 unspecified atom stereocenters. The first kappa shape index (κ1) is 13.5. The highest BCUT2D eigenvalue weighted by Crippen LogP contribution is 2.21. The van der Waals surface area contributed by atoms with Crippen LogP contribution in [0.15, 0.2) is 29.1 Å². The van der Waals surface area contributed by atoms with Crippen molar-refractivity contribution in [2.75, 3.05) is 6.61 Å². The maximum Gasteiger partial charge on any atom is 0.251 e. The average molecular weight is 258 g/mol. The van der Waals surface area contributed by atoms with Crippen molar-refractivity contribution in [3.8, 4) is 11.3 Å². The van der Waals surface area contributed by atoms with Crippen molar-refractivity contribution in [2.24, 2.45) is 0 Å². The van der Waals surface area contributed by atoms with Crippen LogP contribution < -0.4 is 5.56 Å². The predicted molar refractivity (Wildman–Crippen MR) is 75.1 cm³/mol. The lowest BCUT2D eigenvalue weighted by Crippen LogP contribution is -2.12. The Morgan fingerprint density at radius 3 is 2.79 bits per heavy atom. The summed E-state index contributed by atoms with van der Waals surface area (Å²) in [7, 11) is 0. The molecule has 4 heteroatoms. The smallest absolute Gasteiger partial charge is 0.251 e. The molecule has 19 heavy (non-hydrogen) atoms. The number of hydrogen-bond acceptors (Lipinski definition) is 3. The summed E-state index contributed by atoms with van der Waals surface area (Å²) in [4.78, 5) is 18.9. The number of rotatable bonds is 4. The van der Waals surface area contributed by atoms with Gasteiger partial charge in [-0.2, -0.15) is 0 Å². The number of aromatic nitrogens is 2. The quantitative estimate of drug-likeness (QED) is 0.917. The van der Waals surface area contributed by atoms with Gasteiger partial charge in [0.25, 0.3) is 5.56 Å². The van der Waals surface area contributed by atoms with Crippen molar-refractivity contribution in [1.82, 2.24) is 9.97 Å². The number of nitrogens with one attached hydrogen (secondary N) is 1. The standard InChI is InChI=1S/C15H18N2O2/c1-4-19-9-14-16-13(8-15(18)17-14)12-7-10(2)5-6-11(12)3/h5-8H,4,9H2,1-3H3,(H,16,17,18). The van der Waals surface area contributed by atoms with Crippen LogP contribution in [0.4, 0.5) is 0 Å². The van der Waals surface area contributed by atoms with Crippen molar-refractivity contribution in [3.63, 3.8) is 0 Å². The van der Waals surface area contributed by atoms with Gasteiger partial charge in [0.1, 0.15) is 12.4 Å². The molecular formula is C15H18N2O2. The van der Waals surface area contributed by atoms with Crippen LogP contribution in [0.2, 0.25) is 0 Å². The molecule has 0 radical (unpaired) electrons. The molecule has 4 nitrogen and oxygen atoms in total. The van der Waals surface area contributed by atoms with Gasteiger partial charge in [0.05, 0.1) is 5.69 Å². The van der Waals surface area contributed by atoms with E-state index in [1.807, 2.05) is 39.0 Å². The molecule has 0 atom stereocenters. The summed E-state index contributed by atoms with van der Waals surface area (Å²) < 4.78 is 5.29. The Morgan fingerprint density at radius 2 is 2.05 bits per heavy atom. The highest BCUT2D eigenvalue weighted by molar-refractivity contribution is 5.63. The summed E-state index contributed by atoms with van der Waals surface area (Å²) in [5.74, 6) is 0.560. The topological polar surface area (TPSA) is 55.0 Å². The van der Waals surface area contributed by atoms with Gasteiger partial charge in [0.2, 0.25) is 0 Å². The Morgan fingerprint density at radius 1 is 1.26 bits per heavy atom. The normalized spacial score (nSPS) is 10.7. The zero-order valence-corrected chi connectivity index (χ0v) is 11.5. The lowest BCUT2D eigenvalue weighted by Gasteiger charge is -2.08. The second-order valence-electron chi connectivity index (χ2n) is 4.53. The van der Waals surface area contributed by atoms with Crippen LogP contribution >= 0.6 is 0 Å². The summed E-state index contributed by atoms with van der Waals surface area (Å²) in [6.45, 7) is 6.87. The molecule has 0 bridgehead atoms. The average Bonchev–Trinajstić information content (AvgIpc) is 2.38. The van der Waals surface area contributed by atoms with Crippen molar-refractivity contribution in [1.29, 1.82) is 0 Å². The molecule has 0 fully saturated rings. The van der Waals surface area contributed by atoms with Crippen LogP contribution in [-0.4, -0.2) is 16.6 Å². The van der Waals surface area contributed by atoms with Crippen molar-refractivity contribution < 1.29 is 4.74 Å². The van der Waals surface area contributed by atoms with Gasteiger partial charge in [0, 0.05) is 18.2 Å². The summed E-state index contributed by atoms with van der Waals surface area (Å²) in [6.07, 6.45) is 0. The third-order valence-corrected chi connectivity index (χ3v) is 2.90. The van der Waals surface area contributed by atoms with Crippen LogP contribution in [0.5, 0.6) is 0 Å². The number of ether oxygens (including phenoxy) is 1. The van der Waals surface area contributed by atoms with E-state index in [1.54, 1.807) is 0 Å². The number of aryl methyl sites for hydroxylation is 2. The van der Waals surface area contributed by atoms with E-state index >= 15 is 0 Å². The van der Waals surface area contributed by atoms with Gasteiger partial charge in [-0.3, -0.25) is 4.79 Å². The van der Waals surface area contributed by atoms with E-state index < -0.39 is 0 Å². The van der Waals surface area contributed by atoms with Crippen molar-refractivity contribution >= 4 is 0 Å². The van der Waals surface area contributed by atoms with Gasteiger partial charge in [-0.15, -0.1) is 0 Å². The number of aromatic amines is 1. The van der Waals surface area contributed by atoms with E-state index in [-0.39, 0.29) is 5.56 Å². The second-order valence-corrected chi connectivity index (χ2v) is 4.53. The molecule has 0 aliphatic rings. The monoisotopic (exact) mass is 258 g/mol. The SMILES string of the molecule is CCOCc1nc(-c2cc(C)ccc2C)cc(=O)[nH]1. The molecular weight excluding hydrogens is 240 g/mol. The zero-order valence-electron chi connectivity index (χ0n) is 11.5. The zero-order chi connectivity index (χ0) is 13.8. The maximum absolute atomic E-state index is 11.7. The Balaban J connectivity index is 2.46. The van der Waals surface area contributed by atoms with Crippen LogP contribution in [0.1, 0.15) is 23.9 Å². The molecule has 1 aromatic heterocycles. The Labute approximate surface area is 112 Å². The Hall–Kier alpha value is -1.94. The van der Waals surface area contributed by atoms with E-state index in [2.05, 4.69) is 9.97 Å². The van der Waals surface area contributed by atoms with Crippen LogP contribution in [-0.2, 0) is 11.3 Å². The molecule has 100 valence electrons. The largest absolute Gasteiger partial charge is 0.374 e. The predicted octanol–water partition coefficient (Wildman–Crippen LogP) is 2.59. The van der Waals surface area contributed by atoms with E-state index in [0.717, 1.165) is 16.7 Å². The molecule has 1 heterocycles. The van der Waals surface area contributed by atoms with Gasteiger partial charge in [-0.25, -0.2) is 4.98 Å². The summed E-state index contributed by atoms with van der Waals surface area (Å²) in [6, 6.07) is 7.65. The minimum atomic E-state index is -0.152. The van der Waals surface area contributed by atoms with Gasteiger partial charge in [-0.05, 0) is 32.4 Å². The number of H-pyrrole nitrogens is 1. The van der Waals surface area contributed by atoms with E-state index in [4.69, 9.17) is 4.74 Å². The summed E-state index contributed by atoms with van der Waals surface area (Å²) in [5, 5.41) is 0. The van der Waals surface area contributed by atoms with Gasteiger partial charge < -0.3 is 9.72 Å². The highest BCUT2D eigenvalue weighted by atomic mass is 16.5. The number of nitrogens with zero attached hydrogens (tertiary/aromatic N) is 1. The van der Waals surface area contributed by atoms with E-state index in [9.17, 15) is 4.79 Å². The molecule has 0 saturated heterocycles. The Kier molecular flexibility index (Phi) is 4.12. The van der Waals surface area contributed by atoms with E-state index in [0.29, 0.717) is 24.7 Å². The molecule has 1 N–H and O–H groups in total. The third-order valence-electron chi connectivity index (χ3n) is 2.90. The van der Waals surface area contributed by atoms with Crippen molar-refractivity contribution in [2.45, 2.75) is 27.4 Å². The van der Waals surface area contributed by atoms with Crippen molar-refractivity contribution in [3.05, 3.63) is 51.6 Å². The Bertz CT molecular complexity index is 632. The third kappa shape index (κ3) is 3.29. The number of hydrogen-bond donors (Lipinski definition) is 1. The molecule has 1 aromatic carbocycles. The molecule has 0 amide bonds. The first-order valence-corrected chi connectivity index (χ1v) is 6.35. The van der Waals surface area contributed by atoms with Gasteiger partial charge in [-0.1, -0.05) is 17.7 Å². The molecule has 2 aromatic rings. The minimum Gasteiger partial charge on any atom is -0.374 e. The fourth-order valence-corrected chi connectivity index (χ4v) is 1.92.